The molecule has 104 valence electrons. The topological polar surface area (TPSA) is 65.7 Å². The van der Waals surface area contributed by atoms with Crippen LogP contribution in [0.25, 0.3) is 0 Å². The third-order valence-electron chi connectivity index (χ3n) is 2.46. The molecule has 0 aromatic heterocycles. The smallest absolute Gasteiger partial charge is 0.376 e. The van der Waals surface area contributed by atoms with Crippen molar-refractivity contribution in [3.05, 3.63) is 0 Å². The van der Waals surface area contributed by atoms with Gasteiger partial charge < -0.3 is 24.3 Å². The van der Waals surface area contributed by atoms with E-state index >= 15 is 0 Å². The minimum Gasteiger partial charge on any atom is -0.376 e. The first kappa shape index (κ1) is 17.0. The molecule has 1 fully saturated rings. The Hall–Kier alpha value is 0.0169. The predicted octanol–water partition coefficient (Wildman–Crippen LogP) is 0.366. The lowest BCUT2D eigenvalue weighted by atomic mass is 9.96. The van der Waals surface area contributed by atoms with Crippen molar-refractivity contribution in [3.63, 3.8) is 0 Å². The molecule has 6 heteroatoms. The highest BCUT2D eigenvalue weighted by molar-refractivity contribution is 6.36. The van der Waals surface area contributed by atoms with E-state index in [4.69, 9.17) is 19.0 Å². The predicted molar refractivity (Wildman–Crippen MR) is 72.0 cm³/mol. The lowest BCUT2D eigenvalue weighted by Crippen LogP contribution is -2.50. The molecule has 0 spiro atoms. The second-order valence-electron chi connectivity index (χ2n) is 3.93. The highest BCUT2D eigenvalue weighted by atomic mass is 28.3. The zero-order valence-corrected chi connectivity index (χ0v) is 12.7. The largest absolute Gasteiger partial charge is 0.484 e. The van der Waals surface area contributed by atoms with Gasteiger partial charge in [0.2, 0.25) is 0 Å². The molecule has 1 atom stereocenters. The van der Waals surface area contributed by atoms with E-state index in [1.54, 1.807) is 0 Å². The lowest BCUT2D eigenvalue weighted by molar-refractivity contribution is 0.107. The Balaban J connectivity index is 0.000000318. The number of nitrogens with one attached hydrogen (secondary N) is 1. The first-order valence-electron chi connectivity index (χ1n) is 6.46. The van der Waals surface area contributed by atoms with Gasteiger partial charge >= 0.3 is 9.53 Å². The van der Waals surface area contributed by atoms with E-state index in [-0.39, 0.29) is 0 Å². The number of nitrogens with two attached hydrogens (primary N) is 1. The summed E-state index contributed by atoms with van der Waals surface area (Å²) >= 11 is 0. The zero-order valence-electron chi connectivity index (χ0n) is 11.6. The van der Waals surface area contributed by atoms with Crippen LogP contribution < -0.4 is 11.1 Å². The van der Waals surface area contributed by atoms with Crippen molar-refractivity contribution in [3.8, 4) is 0 Å². The van der Waals surface area contributed by atoms with Gasteiger partial charge in [-0.05, 0) is 33.6 Å². The van der Waals surface area contributed by atoms with Gasteiger partial charge in [-0.2, -0.15) is 0 Å². The lowest BCUT2D eigenvalue weighted by Gasteiger charge is -2.30. The van der Waals surface area contributed by atoms with Gasteiger partial charge in [0.15, 0.2) is 0 Å². The van der Waals surface area contributed by atoms with Gasteiger partial charge in [0.25, 0.3) is 0 Å². The van der Waals surface area contributed by atoms with Gasteiger partial charge in [-0.1, -0.05) is 0 Å². The van der Waals surface area contributed by atoms with E-state index in [0.29, 0.717) is 25.9 Å². The summed E-state index contributed by atoms with van der Waals surface area (Å²) in [5, 5.41) is 3.16. The third kappa shape index (κ3) is 8.70. The minimum absolute atomic E-state index is 0.390. The highest BCUT2D eigenvalue weighted by Crippen LogP contribution is 2.04. The third-order valence-corrected chi connectivity index (χ3v) is 4.28. The molecule has 1 aliphatic rings. The van der Waals surface area contributed by atoms with Gasteiger partial charge in [-0.3, -0.25) is 0 Å². The van der Waals surface area contributed by atoms with Gasteiger partial charge in [0, 0.05) is 39.0 Å². The van der Waals surface area contributed by atoms with Crippen molar-refractivity contribution < 1.29 is 13.3 Å². The van der Waals surface area contributed by atoms with E-state index in [1.807, 2.05) is 20.8 Å². The molecule has 1 saturated heterocycles. The second kappa shape index (κ2) is 11.1. The molecule has 0 aromatic rings. The minimum atomic E-state index is -1.73. The Morgan fingerprint density at radius 3 is 1.65 bits per heavy atom. The molecule has 0 saturated carbocycles. The number of rotatable bonds is 7. The number of hydrogen-bond acceptors (Lipinski definition) is 5. The van der Waals surface area contributed by atoms with Crippen molar-refractivity contribution in [2.24, 2.45) is 11.7 Å². The van der Waals surface area contributed by atoms with Crippen LogP contribution in [-0.2, 0) is 13.3 Å². The molecule has 0 bridgehead atoms. The Morgan fingerprint density at radius 2 is 1.53 bits per heavy atom. The average Bonchev–Trinajstić information content (AvgIpc) is 2.16. The Morgan fingerprint density at radius 1 is 1.12 bits per heavy atom. The first-order chi connectivity index (χ1) is 8.15. The van der Waals surface area contributed by atoms with Crippen molar-refractivity contribution in [1.29, 1.82) is 0 Å². The summed E-state index contributed by atoms with van der Waals surface area (Å²) in [4.78, 5) is 0. The molecule has 1 aliphatic heterocycles. The molecule has 1 rings (SSSR count). The van der Waals surface area contributed by atoms with Crippen LogP contribution in [0.3, 0.4) is 0 Å². The van der Waals surface area contributed by atoms with Gasteiger partial charge in [0.1, 0.15) is 0 Å². The fourth-order valence-electron chi connectivity index (χ4n) is 1.24. The second-order valence-corrected chi connectivity index (χ2v) is 5.51. The number of hydrogen-bond donors (Lipinski definition) is 2. The standard InChI is InChI=1S/C6H16O3Si.C5H12N2/c1-4-7-10(8-5-2)9-6-3;1-4(6)5-2-7-3-5/h10H,4-6H2,1-3H3;4-5,7H,2-3,6H2,1H3. The molecule has 0 radical (unpaired) electrons. The van der Waals surface area contributed by atoms with Gasteiger partial charge in [-0.25, -0.2) is 0 Å². The highest BCUT2D eigenvalue weighted by Gasteiger charge is 2.19. The fraction of sp³-hybridized carbons (Fsp3) is 1.00. The van der Waals surface area contributed by atoms with Crippen molar-refractivity contribution in [1.82, 2.24) is 5.32 Å². The molecular formula is C11H28N2O3Si. The molecule has 5 nitrogen and oxygen atoms in total. The molecule has 1 heterocycles. The molecule has 0 aromatic carbocycles. The summed E-state index contributed by atoms with van der Waals surface area (Å²) < 4.78 is 15.7. The maximum Gasteiger partial charge on any atom is 0.484 e. The summed E-state index contributed by atoms with van der Waals surface area (Å²) in [7, 11) is -1.73. The van der Waals surface area contributed by atoms with Crippen LogP contribution in [0, 0.1) is 5.92 Å². The van der Waals surface area contributed by atoms with Crippen LogP contribution in [0.1, 0.15) is 27.7 Å². The van der Waals surface area contributed by atoms with Gasteiger partial charge in [0.05, 0.1) is 0 Å². The molecule has 1 unspecified atom stereocenters. The van der Waals surface area contributed by atoms with E-state index in [0.717, 1.165) is 19.0 Å². The maximum atomic E-state index is 5.56. The van der Waals surface area contributed by atoms with E-state index in [2.05, 4.69) is 12.2 Å². The molecule has 0 amide bonds. The van der Waals surface area contributed by atoms with Crippen LogP contribution in [0.2, 0.25) is 0 Å². The van der Waals surface area contributed by atoms with E-state index in [1.165, 1.54) is 0 Å². The fourth-order valence-corrected chi connectivity index (χ4v) is 2.34. The van der Waals surface area contributed by atoms with Crippen LogP contribution in [0.5, 0.6) is 0 Å². The zero-order chi connectivity index (χ0) is 13.1. The van der Waals surface area contributed by atoms with Crippen LogP contribution in [0.4, 0.5) is 0 Å². The van der Waals surface area contributed by atoms with Crippen LogP contribution in [-0.4, -0.2) is 48.5 Å². The van der Waals surface area contributed by atoms with Crippen LogP contribution in [0.15, 0.2) is 0 Å². The molecule has 3 N–H and O–H groups in total. The molecule has 17 heavy (non-hydrogen) atoms. The van der Waals surface area contributed by atoms with E-state index < -0.39 is 9.53 Å². The summed E-state index contributed by atoms with van der Waals surface area (Å²) in [6.45, 7) is 12.2. The summed E-state index contributed by atoms with van der Waals surface area (Å²) in [6, 6.07) is 0.390. The van der Waals surface area contributed by atoms with Crippen molar-refractivity contribution >= 4 is 9.53 Å². The molecule has 0 aliphatic carbocycles. The Kier molecular flexibility index (Phi) is 11.1. The van der Waals surface area contributed by atoms with Gasteiger partial charge in [-0.15, -0.1) is 0 Å². The average molecular weight is 264 g/mol. The van der Waals surface area contributed by atoms with Crippen LogP contribution >= 0.6 is 0 Å². The van der Waals surface area contributed by atoms with E-state index in [9.17, 15) is 0 Å². The Bertz CT molecular complexity index is 155. The van der Waals surface area contributed by atoms with Crippen molar-refractivity contribution in [2.75, 3.05) is 32.9 Å². The van der Waals surface area contributed by atoms with Crippen molar-refractivity contribution in [2.45, 2.75) is 33.7 Å². The quantitative estimate of drug-likeness (QED) is 0.650. The summed E-state index contributed by atoms with van der Waals surface area (Å²) in [5.74, 6) is 0.750. The summed E-state index contributed by atoms with van der Waals surface area (Å²) in [5.41, 5.74) is 5.56. The molecular weight excluding hydrogens is 236 g/mol. The Labute approximate surface area is 107 Å². The maximum absolute atomic E-state index is 5.56. The SMILES string of the molecule is CC(N)C1CNC1.CCO[SiH](OCC)OCC. The normalized spacial score (nSPS) is 17.3. The monoisotopic (exact) mass is 264 g/mol. The summed E-state index contributed by atoms with van der Waals surface area (Å²) in [6.07, 6.45) is 0. The first-order valence-corrected chi connectivity index (χ1v) is 7.88.